The molecule has 0 unspecified atom stereocenters. The number of hydrogen-bond donors (Lipinski definition) is 1. The number of hydrogen-bond acceptors (Lipinski definition) is 4. The van der Waals surface area contributed by atoms with E-state index in [0.717, 1.165) is 37.2 Å². The topological polar surface area (TPSA) is 68.0 Å². The van der Waals surface area contributed by atoms with Crippen LogP contribution in [0.25, 0.3) is 11.0 Å². The Morgan fingerprint density at radius 2 is 2.00 bits per heavy atom. The van der Waals surface area contributed by atoms with Gasteiger partial charge >= 0.3 is 0 Å². The fourth-order valence-corrected chi connectivity index (χ4v) is 3.53. The van der Waals surface area contributed by atoms with Crippen molar-refractivity contribution in [2.45, 2.75) is 20.4 Å². The van der Waals surface area contributed by atoms with Crippen LogP contribution in [0.4, 0.5) is 5.95 Å². The minimum absolute atomic E-state index is 0.240. The van der Waals surface area contributed by atoms with Gasteiger partial charge in [0.05, 0.1) is 21.7 Å². The third-order valence-corrected chi connectivity index (χ3v) is 5.10. The van der Waals surface area contributed by atoms with Crippen LogP contribution in [0.3, 0.4) is 0 Å². The first-order chi connectivity index (χ1) is 12.5. The predicted molar refractivity (Wildman–Crippen MR) is 106 cm³/mol. The molecule has 2 heterocycles. The summed E-state index contributed by atoms with van der Waals surface area (Å²) in [6.07, 6.45) is 1.61. The van der Waals surface area contributed by atoms with Crippen molar-refractivity contribution in [1.29, 1.82) is 0 Å². The number of anilines is 1. The van der Waals surface area contributed by atoms with E-state index in [4.69, 9.17) is 0 Å². The third-order valence-electron chi connectivity index (χ3n) is 4.52. The summed E-state index contributed by atoms with van der Waals surface area (Å²) in [7, 11) is 1.74. The summed E-state index contributed by atoms with van der Waals surface area (Å²) in [4.78, 5) is 19.7. The predicted octanol–water partition coefficient (Wildman–Crippen LogP) is 3.13. The molecule has 8 heteroatoms. The maximum absolute atomic E-state index is 12.7. The molecule has 0 radical (unpaired) electrons. The number of imidazole rings is 1. The smallest absolute Gasteiger partial charge is 0.277 e. The van der Waals surface area contributed by atoms with E-state index in [1.165, 1.54) is 0 Å². The van der Waals surface area contributed by atoms with Crippen molar-refractivity contribution in [2.75, 3.05) is 25.0 Å². The second-order valence-corrected chi connectivity index (χ2v) is 6.88. The van der Waals surface area contributed by atoms with E-state index in [-0.39, 0.29) is 5.91 Å². The van der Waals surface area contributed by atoms with E-state index in [2.05, 4.69) is 54.6 Å². The second-order valence-electron chi connectivity index (χ2n) is 6.02. The highest BCUT2D eigenvalue weighted by molar-refractivity contribution is 9.10. The standard InChI is InChI=1S/C18H23BrN6O/c1-4-24(5-2)10-11-25-15-9-7-6-8-14(15)21-18(25)22-17(26)16-13(19)12-20-23(16)3/h6-9,12H,4-5,10-11H2,1-3H3,(H,21,22,26). The van der Waals surface area contributed by atoms with Crippen LogP contribution >= 0.6 is 15.9 Å². The molecule has 1 N–H and O–H groups in total. The molecule has 0 aliphatic heterocycles. The lowest BCUT2D eigenvalue weighted by molar-refractivity contribution is 0.101. The Kier molecular flexibility index (Phi) is 5.73. The van der Waals surface area contributed by atoms with Gasteiger partial charge in [-0.05, 0) is 41.2 Å². The van der Waals surface area contributed by atoms with Gasteiger partial charge in [-0.1, -0.05) is 26.0 Å². The molecule has 0 spiro atoms. The van der Waals surface area contributed by atoms with Crippen LogP contribution in [-0.4, -0.2) is 49.8 Å². The molecule has 138 valence electrons. The average Bonchev–Trinajstić information content (AvgIpc) is 3.15. The number of nitrogens with zero attached hydrogens (tertiary/aromatic N) is 5. The third kappa shape index (κ3) is 3.66. The molecule has 3 rings (SSSR count). The van der Waals surface area contributed by atoms with Crippen molar-refractivity contribution in [3.63, 3.8) is 0 Å². The quantitative estimate of drug-likeness (QED) is 0.639. The van der Waals surface area contributed by atoms with Crippen molar-refractivity contribution in [2.24, 2.45) is 7.05 Å². The van der Waals surface area contributed by atoms with Crippen LogP contribution in [0.5, 0.6) is 0 Å². The number of aryl methyl sites for hydroxylation is 1. The summed E-state index contributed by atoms with van der Waals surface area (Å²) >= 11 is 3.37. The average molecular weight is 419 g/mol. The van der Waals surface area contributed by atoms with Gasteiger partial charge in [-0.25, -0.2) is 4.98 Å². The van der Waals surface area contributed by atoms with Crippen LogP contribution in [0.1, 0.15) is 24.3 Å². The Morgan fingerprint density at radius 3 is 2.65 bits per heavy atom. The summed E-state index contributed by atoms with van der Waals surface area (Å²) < 4.78 is 4.27. The second kappa shape index (κ2) is 8.01. The zero-order chi connectivity index (χ0) is 18.7. The first kappa shape index (κ1) is 18.6. The van der Waals surface area contributed by atoms with Gasteiger partial charge in [0.15, 0.2) is 0 Å². The highest BCUT2D eigenvalue weighted by Crippen LogP contribution is 2.22. The number of likely N-dealkylation sites (N-methyl/N-ethyl adjacent to an activating group) is 1. The zero-order valence-electron chi connectivity index (χ0n) is 15.2. The van der Waals surface area contributed by atoms with Crippen LogP contribution in [-0.2, 0) is 13.6 Å². The first-order valence-corrected chi connectivity index (χ1v) is 9.50. The number of fused-ring (bicyclic) bond motifs is 1. The Morgan fingerprint density at radius 1 is 1.27 bits per heavy atom. The van der Waals surface area contributed by atoms with Gasteiger partial charge in [0.2, 0.25) is 5.95 Å². The lowest BCUT2D eigenvalue weighted by Gasteiger charge is -2.19. The molecule has 1 aromatic carbocycles. The largest absolute Gasteiger partial charge is 0.309 e. The molecule has 0 bridgehead atoms. The normalized spacial score (nSPS) is 11.4. The van der Waals surface area contributed by atoms with Crippen molar-refractivity contribution >= 4 is 38.8 Å². The maximum Gasteiger partial charge on any atom is 0.277 e. The molecular formula is C18H23BrN6O. The summed E-state index contributed by atoms with van der Waals surface area (Å²) in [6, 6.07) is 7.92. The van der Waals surface area contributed by atoms with Gasteiger partial charge in [0.1, 0.15) is 5.69 Å². The Hall–Kier alpha value is -2.19. The van der Waals surface area contributed by atoms with E-state index in [9.17, 15) is 4.79 Å². The number of carbonyl (C=O) groups excluding carboxylic acids is 1. The molecule has 26 heavy (non-hydrogen) atoms. The van der Waals surface area contributed by atoms with Gasteiger partial charge in [-0.3, -0.25) is 14.8 Å². The van der Waals surface area contributed by atoms with Crippen molar-refractivity contribution in [3.05, 3.63) is 40.6 Å². The molecule has 2 aromatic heterocycles. The summed E-state index contributed by atoms with van der Waals surface area (Å²) in [5, 5.41) is 7.05. The molecule has 3 aromatic rings. The van der Waals surface area contributed by atoms with Crippen molar-refractivity contribution < 1.29 is 4.79 Å². The van der Waals surface area contributed by atoms with Gasteiger partial charge in [0.25, 0.3) is 5.91 Å². The van der Waals surface area contributed by atoms with E-state index in [1.54, 1.807) is 17.9 Å². The zero-order valence-corrected chi connectivity index (χ0v) is 16.8. The molecule has 7 nitrogen and oxygen atoms in total. The van der Waals surface area contributed by atoms with Crippen LogP contribution < -0.4 is 5.32 Å². The van der Waals surface area contributed by atoms with Crippen LogP contribution in [0.15, 0.2) is 34.9 Å². The molecule has 0 saturated heterocycles. The van der Waals surface area contributed by atoms with Crippen molar-refractivity contribution in [1.82, 2.24) is 24.2 Å². The van der Waals surface area contributed by atoms with Crippen LogP contribution in [0, 0.1) is 0 Å². The van der Waals surface area contributed by atoms with Gasteiger partial charge in [0, 0.05) is 20.1 Å². The maximum atomic E-state index is 12.7. The van der Waals surface area contributed by atoms with E-state index < -0.39 is 0 Å². The highest BCUT2D eigenvalue weighted by Gasteiger charge is 2.19. The monoisotopic (exact) mass is 418 g/mol. The fraction of sp³-hybridized carbons (Fsp3) is 0.389. The number of para-hydroxylation sites is 2. The number of aromatic nitrogens is 4. The molecular weight excluding hydrogens is 396 g/mol. The fourth-order valence-electron chi connectivity index (χ4n) is 3.01. The number of rotatable bonds is 7. The lowest BCUT2D eigenvalue weighted by atomic mass is 10.3. The number of halogens is 1. The number of carbonyl (C=O) groups is 1. The molecule has 1 amide bonds. The molecule has 0 aliphatic carbocycles. The summed E-state index contributed by atoms with van der Waals surface area (Å²) in [5.74, 6) is 0.313. The van der Waals surface area contributed by atoms with E-state index in [0.29, 0.717) is 16.1 Å². The lowest BCUT2D eigenvalue weighted by Crippen LogP contribution is -2.28. The number of nitrogens with one attached hydrogen (secondary N) is 1. The molecule has 0 aliphatic rings. The highest BCUT2D eigenvalue weighted by atomic mass is 79.9. The van der Waals surface area contributed by atoms with Gasteiger partial charge in [-0.15, -0.1) is 0 Å². The molecule has 0 fully saturated rings. The SMILES string of the molecule is CCN(CC)CCn1c(NC(=O)c2c(Br)cnn2C)nc2ccccc21. The van der Waals surface area contributed by atoms with Gasteiger partial charge < -0.3 is 9.47 Å². The first-order valence-electron chi connectivity index (χ1n) is 8.71. The van der Waals surface area contributed by atoms with E-state index in [1.807, 2.05) is 24.3 Å². The van der Waals surface area contributed by atoms with Crippen LogP contribution in [0.2, 0.25) is 0 Å². The minimum Gasteiger partial charge on any atom is -0.309 e. The van der Waals surface area contributed by atoms with E-state index >= 15 is 0 Å². The number of amides is 1. The summed E-state index contributed by atoms with van der Waals surface area (Å²) in [6.45, 7) is 7.94. The van der Waals surface area contributed by atoms with Crippen molar-refractivity contribution in [3.8, 4) is 0 Å². The minimum atomic E-state index is -0.240. The Bertz CT molecular complexity index is 892. The summed E-state index contributed by atoms with van der Waals surface area (Å²) in [5.41, 5.74) is 2.35. The molecule has 0 saturated carbocycles. The number of benzene rings is 1. The Balaban J connectivity index is 1.92. The Labute approximate surface area is 161 Å². The van der Waals surface area contributed by atoms with Gasteiger partial charge in [-0.2, -0.15) is 5.10 Å². The molecule has 0 atom stereocenters.